The van der Waals surface area contributed by atoms with Crippen LogP contribution in [0.4, 0.5) is 4.39 Å². The van der Waals surface area contributed by atoms with E-state index in [4.69, 9.17) is 0 Å². The van der Waals surface area contributed by atoms with Gasteiger partial charge in [-0.2, -0.15) is 0 Å². The number of rotatable bonds is 1. The second-order valence-corrected chi connectivity index (χ2v) is 3.71. The maximum atomic E-state index is 13.4. The summed E-state index contributed by atoms with van der Waals surface area (Å²) in [7, 11) is 0. The van der Waals surface area contributed by atoms with Crippen LogP contribution in [0.15, 0.2) is 24.3 Å². The lowest BCUT2D eigenvalue weighted by Gasteiger charge is -2.27. The van der Waals surface area contributed by atoms with Crippen LogP contribution in [0.1, 0.15) is 24.4 Å². The third kappa shape index (κ3) is 2.91. The van der Waals surface area contributed by atoms with Gasteiger partial charge < -0.3 is 10.4 Å². The van der Waals surface area contributed by atoms with Gasteiger partial charge in [0.25, 0.3) is 0 Å². The Hall–Kier alpha value is -0.640. The van der Waals surface area contributed by atoms with Crippen LogP contribution >= 0.6 is 12.4 Å². The van der Waals surface area contributed by atoms with Crippen LogP contribution in [0.3, 0.4) is 0 Å². The van der Waals surface area contributed by atoms with Crippen LogP contribution in [0.2, 0.25) is 0 Å². The van der Waals surface area contributed by atoms with Crippen molar-refractivity contribution in [3.8, 4) is 0 Å². The number of halogens is 2. The fourth-order valence-electron chi connectivity index (χ4n) is 1.89. The Morgan fingerprint density at radius 3 is 2.73 bits per heavy atom. The Morgan fingerprint density at radius 2 is 2.07 bits per heavy atom. The van der Waals surface area contributed by atoms with E-state index in [0.29, 0.717) is 12.0 Å². The number of piperidine rings is 1. The number of benzene rings is 1. The van der Waals surface area contributed by atoms with E-state index in [0.717, 1.165) is 13.0 Å². The molecule has 0 saturated carbocycles. The molecule has 1 aromatic rings. The van der Waals surface area contributed by atoms with Gasteiger partial charge in [0.05, 0.1) is 6.10 Å². The van der Waals surface area contributed by atoms with Crippen molar-refractivity contribution in [3.05, 3.63) is 35.6 Å². The summed E-state index contributed by atoms with van der Waals surface area (Å²) in [5.74, 6) is -0.195. The zero-order valence-corrected chi connectivity index (χ0v) is 9.14. The fourth-order valence-corrected chi connectivity index (χ4v) is 1.89. The van der Waals surface area contributed by atoms with Crippen LogP contribution < -0.4 is 5.32 Å². The lowest BCUT2D eigenvalue weighted by Crippen LogP contribution is -2.34. The molecule has 2 rings (SSSR count). The highest BCUT2D eigenvalue weighted by atomic mass is 35.5. The molecule has 1 aromatic carbocycles. The lowest BCUT2D eigenvalue weighted by atomic mass is 9.95. The molecule has 2 nitrogen and oxygen atoms in total. The van der Waals surface area contributed by atoms with Crippen molar-refractivity contribution in [2.24, 2.45) is 0 Å². The molecule has 15 heavy (non-hydrogen) atoms. The molecule has 2 N–H and O–H groups in total. The normalized spacial score (nSPS) is 25.7. The minimum absolute atomic E-state index is 0. The third-order valence-electron chi connectivity index (χ3n) is 2.66. The van der Waals surface area contributed by atoms with Crippen LogP contribution in [-0.4, -0.2) is 17.8 Å². The van der Waals surface area contributed by atoms with E-state index < -0.39 is 0 Å². The van der Waals surface area contributed by atoms with Crippen molar-refractivity contribution in [2.75, 3.05) is 6.54 Å². The predicted octanol–water partition coefficient (Wildman–Crippen LogP) is 2.03. The second-order valence-electron chi connectivity index (χ2n) is 3.71. The van der Waals surface area contributed by atoms with Crippen molar-refractivity contribution in [3.63, 3.8) is 0 Å². The number of nitrogens with one attached hydrogen (secondary N) is 1. The van der Waals surface area contributed by atoms with Crippen molar-refractivity contribution in [2.45, 2.75) is 25.0 Å². The molecule has 0 bridgehead atoms. The molecular formula is C11H15ClFNO. The molecule has 1 aliphatic heterocycles. The van der Waals surface area contributed by atoms with Crippen molar-refractivity contribution >= 4 is 12.4 Å². The largest absolute Gasteiger partial charge is 0.393 e. The lowest BCUT2D eigenvalue weighted by molar-refractivity contribution is 0.116. The van der Waals surface area contributed by atoms with Gasteiger partial charge in [-0.3, -0.25) is 0 Å². The Bertz CT molecular complexity index is 321. The summed E-state index contributed by atoms with van der Waals surface area (Å²) >= 11 is 0. The Labute approximate surface area is 94.9 Å². The molecule has 2 unspecified atom stereocenters. The summed E-state index contributed by atoms with van der Waals surface area (Å²) in [4.78, 5) is 0. The van der Waals surface area contributed by atoms with Crippen LogP contribution in [0, 0.1) is 5.82 Å². The molecule has 1 fully saturated rings. The van der Waals surface area contributed by atoms with Gasteiger partial charge in [0, 0.05) is 11.6 Å². The highest BCUT2D eigenvalue weighted by Crippen LogP contribution is 2.24. The van der Waals surface area contributed by atoms with Crippen LogP contribution in [0.25, 0.3) is 0 Å². The molecule has 1 heterocycles. The van der Waals surface area contributed by atoms with Crippen LogP contribution in [0.5, 0.6) is 0 Å². The van der Waals surface area contributed by atoms with Crippen molar-refractivity contribution in [1.82, 2.24) is 5.32 Å². The number of aliphatic hydroxyl groups excluding tert-OH is 1. The summed E-state index contributed by atoms with van der Waals surface area (Å²) in [6.45, 7) is 0.750. The van der Waals surface area contributed by atoms with Gasteiger partial charge in [-0.15, -0.1) is 12.4 Å². The quantitative estimate of drug-likeness (QED) is 0.775. The van der Waals surface area contributed by atoms with Gasteiger partial charge in [-0.1, -0.05) is 18.2 Å². The average molecular weight is 232 g/mol. The summed E-state index contributed by atoms with van der Waals surface area (Å²) in [6, 6.07) is 6.68. The molecule has 4 heteroatoms. The highest BCUT2D eigenvalue weighted by molar-refractivity contribution is 5.85. The molecule has 2 atom stereocenters. The highest BCUT2D eigenvalue weighted by Gasteiger charge is 2.22. The maximum absolute atomic E-state index is 13.4. The van der Waals surface area contributed by atoms with Gasteiger partial charge in [-0.25, -0.2) is 4.39 Å². The van der Waals surface area contributed by atoms with Crippen molar-refractivity contribution < 1.29 is 9.50 Å². The molecule has 1 aliphatic rings. The summed E-state index contributed by atoms with van der Waals surface area (Å²) < 4.78 is 13.4. The molecule has 84 valence electrons. The van der Waals surface area contributed by atoms with Crippen LogP contribution in [-0.2, 0) is 0 Å². The molecule has 0 spiro atoms. The van der Waals surface area contributed by atoms with Crippen molar-refractivity contribution in [1.29, 1.82) is 0 Å². The smallest absolute Gasteiger partial charge is 0.127 e. The average Bonchev–Trinajstić information content (AvgIpc) is 2.18. The molecule has 0 aliphatic carbocycles. The monoisotopic (exact) mass is 231 g/mol. The van der Waals surface area contributed by atoms with E-state index in [1.165, 1.54) is 6.07 Å². The molecular weight excluding hydrogens is 217 g/mol. The van der Waals surface area contributed by atoms with E-state index in [9.17, 15) is 9.50 Å². The zero-order valence-electron chi connectivity index (χ0n) is 8.32. The fraction of sp³-hybridized carbons (Fsp3) is 0.455. The first-order valence-electron chi connectivity index (χ1n) is 4.93. The standard InChI is InChI=1S/C11H14FNO.ClH/c12-10-4-2-1-3-9(10)11-7-8(14)5-6-13-11;/h1-4,8,11,13-14H,5-7H2;1H. The zero-order chi connectivity index (χ0) is 9.97. The summed E-state index contributed by atoms with van der Waals surface area (Å²) in [5, 5.41) is 12.7. The number of aliphatic hydroxyl groups is 1. The van der Waals surface area contributed by atoms with E-state index in [2.05, 4.69) is 5.32 Å². The third-order valence-corrected chi connectivity index (χ3v) is 2.66. The van der Waals surface area contributed by atoms with E-state index in [1.807, 2.05) is 6.07 Å². The first kappa shape index (κ1) is 12.4. The minimum Gasteiger partial charge on any atom is -0.393 e. The Morgan fingerprint density at radius 1 is 1.33 bits per heavy atom. The molecule has 1 saturated heterocycles. The van der Waals surface area contributed by atoms with E-state index >= 15 is 0 Å². The number of hydrogen-bond donors (Lipinski definition) is 2. The van der Waals surface area contributed by atoms with Gasteiger partial charge in [-0.05, 0) is 25.5 Å². The van der Waals surface area contributed by atoms with E-state index in [1.54, 1.807) is 12.1 Å². The van der Waals surface area contributed by atoms with Gasteiger partial charge in [0.1, 0.15) is 5.82 Å². The molecule has 0 aromatic heterocycles. The Balaban J connectivity index is 0.00000112. The first-order valence-corrected chi connectivity index (χ1v) is 4.93. The summed E-state index contributed by atoms with van der Waals surface area (Å²) in [5.41, 5.74) is 0.659. The maximum Gasteiger partial charge on any atom is 0.127 e. The second kappa shape index (κ2) is 5.45. The minimum atomic E-state index is -0.305. The topological polar surface area (TPSA) is 32.3 Å². The van der Waals surface area contributed by atoms with E-state index in [-0.39, 0.29) is 30.4 Å². The Kier molecular flexibility index (Phi) is 4.51. The van der Waals surface area contributed by atoms with Gasteiger partial charge in [0.2, 0.25) is 0 Å². The van der Waals surface area contributed by atoms with Gasteiger partial charge >= 0.3 is 0 Å². The molecule has 0 radical (unpaired) electrons. The SMILES string of the molecule is Cl.OC1CCNC(c2ccccc2F)C1. The number of hydrogen-bond acceptors (Lipinski definition) is 2. The van der Waals surface area contributed by atoms with Gasteiger partial charge in [0.15, 0.2) is 0 Å². The molecule has 0 amide bonds. The predicted molar refractivity (Wildman–Crippen MR) is 59.6 cm³/mol. The summed E-state index contributed by atoms with van der Waals surface area (Å²) in [6.07, 6.45) is 1.05. The first-order chi connectivity index (χ1) is 6.77.